The van der Waals surface area contributed by atoms with E-state index in [4.69, 9.17) is 12.8 Å². The highest BCUT2D eigenvalue weighted by Crippen LogP contribution is 2.30. The molecule has 2 heteroatoms. The van der Waals surface area contributed by atoms with Gasteiger partial charge >= 0.3 is 0 Å². The van der Waals surface area contributed by atoms with Crippen molar-refractivity contribution in [2.45, 2.75) is 76.3 Å². The first-order valence-corrected chi connectivity index (χ1v) is 6.75. The summed E-state index contributed by atoms with van der Waals surface area (Å²) in [4.78, 5) is 0. The van der Waals surface area contributed by atoms with Gasteiger partial charge in [0.15, 0.2) is 0 Å². The van der Waals surface area contributed by atoms with Gasteiger partial charge in [-0.25, -0.2) is 4.31 Å². The van der Waals surface area contributed by atoms with Crippen molar-refractivity contribution in [2.24, 2.45) is 0 Å². The van der Waals surface area contributed by atoms with Gasteiger partial charge in [0, 0.05) is 12.1 Å². The molecule has 2 aliphatic carbocycles. The Morgan fingerprint density at radius 2 is 1.00 bits per heavy atom. The van der Waals surface area contributed by atoms with Crippen molar-refractivity contribution in [3.63, 3.8) is 0 Å². The van der Waals surface area contributed by atoms with Gasteiger partial charge in [0.05, 0.1) is 0 Å². The van der Waals surface area contributed by atoms with Crippen molar-refractivity contribution >= 4 is 12.8 Å². The molecule has 0 aliphatic heterocycles. The zero-order valence-corrected chi connectivity index (χ0v) is 10.0. The molecule has 0 bridgehead atoms. The summed E-state index contributed by atoms with van der Waals surface area (Å²) < 4.78 is 2.42. The summed E-state index contributed by atoms with van der Waals surface area (Å²) in [6, 6.07) is 1.57. The zero-order valence-electron chi connectivity index (χ0n) is 9.12. The second-order valence-corrected chi connectivity index (χ2v) is 5.43. The molecule has 2 saturated carbocycles. The molecule has 0 spiro atoms. The van der Waals surface area contributed by atoms with Gasteiger partial charge < -0.3 is 0 Å². The monoisotopic (exact) mass is 213 g/mol. The van der Waals surface area contributed by atoms with Crippen LogP contribution in [0.4, 0.5) is 0 Å². The van der Waals surface area contributed by atoms with Crippen molar-refractivity contribution in [1.82, 2.24) is 4.31 Å². The molecule has 0 unspecified atom stereocenters. The summed E-state index contributed by atoms with van der Waals surface area (Å²) in [5.41, 5.74) is 0. The van der Waals surface area contributed by atoms with Crippen LogP contribution in [0.5, 0.6) is 0 Å². The largest absolute Gasteiger partial charge is 0.247 e. The predicted octanol–water partition coefficient (Wildman–Crippen LogP) is 3.80. The van der Waals surface area contributed by atoms with Gasteiger partial charge in [0.25, 0.3) is 0 Å². The molecule has 0 atom stereocenters. The van der Waals surface area contributed by atoms with Crippen LogP contribution in [-0.4, -0.2) is 16.4 Å². The Bertz CT molecular complexity index is 142. The number of thiol groups is 1. The van der Waals surface area contributed by atoms with Gasteiger partial charge in [-0.3, -0.25) is 0 Å². The van der Waals surface area contributed by atoms with E-state index >= 15 is 0 Å². The maximum atomic E-state index is 4.75. The predicted molar refractivity (Wildman–Crippen MR) is 64.6 cm³/mol. The highest BCUT2D eigenvalue weighted by atomic mass is 32.1. The lowest BCUT2D eigenvalue weighted by molar-refractivity contribution is 0.187. The first-order valence-electron chi connectivity index (χ1n) is 6.35. The summed E-state index contributed by atoms with van der Waals surface area (Å²) in [7, 11) is 0. The van der Waals surface area contributed by atoms with Crippen LogP contribution in [-0.2, 0) is 0 Å². The van der Waals surface area contributed by atoms with E-state index in [0.29, 0.717) is 0 Å². The van der Waals surface area contributed by atoms with Gasteiger partial charge in [0.2, 0.25) is 0 Å². The van der Waals surface area contributed by atoms with Crippen LogP contribution in [0.3, 0.4) is 0 Å². The van der Waals surface area contributed by atoms with Crippen LogP contribution in [0.2, 0.25) is 0 Å². The number of hydrogen-bond donors (Lipinski definition) is 1. The third kappa shape index (κ3) is 2.66. The summed E-state index contributed by atoms with van der Waals surface area (Å²) >= 11 is 4.75. The first kappa shape index (κ1) is 10.8. The van der Waals surface area contributed by atoms with E-state index in [2.05, 4.69) is 4.31 Å². The van der Waals surface area contributed by atoms with Crippen molar-refractivity contribution < 1.29 is 0 Å². The van der Waals surface area contributed by atoms with Crippen LogP contribution >= 0.6 is 12.8 Å². The van der Waals surface area contributed by atoms with E-state index < -0.39 is 0 Å². The second-order valence-electron chi connectivity index (χ2n) is 4.96. The SMILES string of the molecule is SN(C1CCCCC1)C1CCCCC1. The number of hydrogen-bond acceptors (Lipinski definition) is 2. The molecule has 14 heavy (non-hydrogen) atoms. The number of rotatable bonds is 2. The molecule has 2 aliphatic rings. The summed E-state index contributed by atoms with van der Waals surface area (Å²) in [5, 5.41) is 0. The molecule has 2 rings (SSSR count). The van der Waals surface area contributed by atoms with E-state index in [1.54, 1.807) is 0 Å². The molecular weight excluding hydrogens is 190 g/mol. The molecule has 0 aromatic carbocycles. The second kappa shape index (κ2) is 5.41. The molecule has 0 saturated heterocycles. The fourth-order valence-electron chi connectivity index (χ4n) is 2.99. The lowest BCUT2D eigenvalue weighted by Gasteiger charge is -2.37. The Kier molecular flexibility index (Phi) is 4.18. The highest BCUT2D eigenvalue weighted by molar-refractivity contribution is 7.77. The Morgan fingerprint density at radius 3 is 1.36 bits per heavy atom. The molecule has 0 aromatic heterocycles. The number of nitrogens with zero attached hydrogens (tertiary/aromatic N) is 1. The Labute approximate surface area is 93.8 Å². The average Bonchev–Trinajstić information content (AvgIpc) is 2.30. The molecule has 0 radical (unpaired) electrons. The smallest absolute Gasteiger partial charge is 0.0203 e. The highest BCUT2D eigenvalue weighted by Gasteiger charge is 2.26. The minimum Gasteiger partial charge on any atom is -0.247 e. The quantitative estimate of drug-likeness (QED) is 0.683. The maximum Gasteiger partial charge on any atom is 0.0203 e. The first-order chi connectivity index (χ1) is 6.88. The molecule has 82 valence electrons. The Morgan fingerprint density at radius 1 is 0.643 bits per heavy atom. The van der Waals surface area contributed by atoms with E-state index in [9.17, 15) is 0 Å². The van der Waals surface area contributed by atoms with Crippen LogP contribution in [0.25, 0.3) is 0 Å². The van der Waals surface area contributed by atoms with E-state index in [1.807, 2.05) is 0 Å². The maximum absolute atomic E-state index is 4.75. The van der Waals surface area contributed by atoms with E-state index in [0.717, 1.165) is 12.1 Å². The standard InChI is InChI=1S/C12H23NS/c14-13(11-7-3-1-4-8-11)12-9-5-2-6-10-12/h11-12,14H,1-10H2. The normalized spacial score (nSPS) is 27.0. The molecule has 0 amide bonds. The molecule has 0 aromatic rings. The lowest BCUT2D eigenvalue weighted by atomic mass is 9.91. The van der Waals surface area contributed by atoms with Gasteiger partial charge in [0.1, 0.15) is 0 Å². The molecular formula is C12H23NS. The minimum atomic E-state index is 0.787. The van der Waals surface area contributed by atoms with Crippen molar-refractivity contribution in [2.75, 3.05) is 0 Å². The van der Waals surface area contributed by atoms with Crippen molar-refractivity contribution in [3.05, 3.63) is 0 Å². The van der Waals surface area contributed by atoms with Gasteiger partial charge in [-0.1, -0.05) is 51.3 Å². The van der Waals surface area contributed by atoms with Crippen LogP contribution in [0.1, 0.15) is 64.2 Å². The van der Waals surface area contributed by atoms with Crippen LogP contribution < -0.4 is 0 Å². The van der Waals surface area contributed by atoms with Gasteiger partial charge in [-0.2, -0.15) is 0 Å². The Balaban J connectivity index is 1.82. The third-order valence-electron chi connectivity index (χ3n) is 3.90. The van der Waals surface area contributed by atoms with E-state index in [1.165, 1.54) is 64.2 Å². The van der Waals surface area contributed by atoms with Crippen LogP contribution in [0.15, 0.2) is 0 Å². The Hall–Kier alpha value is 0.310. The third-order valence-corrected chi connectivity index (χ3v) is 4.55. The molecule has 2 fully saturated rings. The summed E-state index contributed by atoms with van der Waals surface area (Å²) in [6.07, 6.45) is 14.2. The van der Waals surface area contributed by atoms with E-state index in [-0.39, 0.29) is 0 Å². The average molecular weight is 213 g/mol. The van der Waals surface area contributed by atoms with Crippen molar-refractivity contribution in [3.8, 4) is 0 Å². The minimum absolute atomic E-state index is 0.787. The van der Waals surface area contributed by atoms with Crippen LogP contribution in [0, 0.1) is 0 Å². The zero-order chi connectivity index (χ0) is 9.80. The van der Waals surface area contributed by atoms with Gasteiger partial charge in [-0.05, 0) is 25.7 Å². The lowest BCUT2D eigenvalue weighted by Crippen LogP contribution is -2.38. The fraction of sp³-hybridized carbons (Fsp3) is 1.00. The summed E-state index contributed by atoms with van der Waals surface area (Å²) in [5.74, 6) is 0. The topological polar surface area (TPSA) is 3.24 Å². The van der Waals surface area contributed by atoms with Gasteiger partial charge in [-0.15, -0.1) is 0 Å². The molecule has 0 heterocycles. The van der Waals surface area contributed by atoms with Crippen molar-refractivity contribution in [1.29, 1.82) is 0 Å². The fourth-order valence-corrected chi connectivity index (χ4v) is 3.45. The summed E-state index contributed by atoms with van der Waals surface area (Å²) in [6.45, 7) is 0. The molecule has 0 N–H and O–H groups in total. The molecule has 1 nitrogen and oxygen atoms in total.